The molecule has 0 saturated carbocycles. The van der Waals surface area contributed by atoms with Crippen LogP contribution in [0.2, 0.25) is 0 Å². The van der Waals surface area contributed by atoms with E-state index in [2.05, 4.69) is 4.98 Å². The van der Waals surface area contributed by atoms with Crippen molar-refractivity contribution in [1.29, 1.82) is 0 Å². The minimum Gasteiger partial charge on any atom is -0.496 e. The number of hydrogen-bond acceptors (Lipinski definition) is 5. The van der Waals surface area contributed by atoms with E-state index < -0.39 is 23.5 Å². The lowest BCUT2D eigenvalue weighted by Gasteiger charge is -2.21. The number of urea groups is 1. The summed E-state index contributed by atoms with van der Waals surface area (Å²) in [6.45, 7) is 1.76. The maximum absolute atomic E-state index is 13.1. The van der Waals surface area contributed by atoms with E-state index in [9.17, 15) is 22.8 Å². The SMILES string of the molecule is COc1cccc2nccc(CN3C(=O)N(c4ccc(SC(F)(F)F)cc4)C(=O)C3C)c12. The number of nitrogens with zero attached hydrogens (tertiary/aromatic N) is 3. The Hall–Kier alpha value is -3.27. The van der Waals surface area contributed by atoms with Crippen molar-refractivity contribution < 1.29 is 27.5 Å². The van der Waals surface area contributed by atoms with Crippen LogP contribution in [-0.2, 0) is 11.3 Å². The number of pyridine rings is 1. The summed E-state index contributed by atoms with van der Waals surface area (Å²) in [5.41, 5.74) is -2.74. The number of methoxy groups -OCH3 is 1. The molecule has 0 spiro atoms. The third-order valence-electron chi connectivity index (χ3n) is 5.19. The second-order valence-corrected chi connectivity index (χ2v) is 8.26. The number of carbonyl (C=O) groups excluding carboxylic acids is 2. The van der Waals surface area contributed by atoms with Crippen molar-refractivity contribution in [2.24, 2.45) is 0 Å². The molecule has 6 nitrogen and oxygen atoms in total. The first kappa shape index (κ1) is 21.9. The fourth-order valence-corrected chi connectivity index (χ4v) is 4.21. The van der Waals surface area contributed by atoms with Crippen LogP contribution in [0.3, 0.4) is 0 Å². The molecule has 0 bridgehead atoms. The average molecular weight is 461 g/mol. The summed E-state index contributed by atoms with van der Waals surface area (Å²) < 4.78 is 43.1. The number of hydrogen-bond donors (Lipinski definition) is 0. The minimum absolute atomic E-state index is 0.0272. The van der Waals surface area contributed by atoms with Crippen LogP contribution in [0.1, 0.15) is 12.5 Å². The van der Waals surface area contributed by atoms with Crippen LogP contribution in [0.5, 0.6) is 5.75 Å². The normalized spacial score (nSPS) is 16.8. The predicted molar refractivity (Wildman–Crippen MR) is 115 cm³/mol. The van der Waals surface area contributed by atoms with Crippen LogP contribution in [0.4, 0.5) is 23.7 Å². The highest BCUT2D eigenvalue weighted by Crippen LogP contribution is 2.38. The second-order valence-electron chi connectivity index (χ2n) is 7.13. The molecule has 166 valence electrons. The molecule has 1 aliphatic heterocycles. The Morgan fingerprint density at radius 3 is 2.47 bits per heavy atom. The summed E-state index contributed by atoms with van der Waals surface area (Å²) >= 11 is -0.256. The van der Waals surface area contributed by atoms with E-state index in [4.69, 9.17) is 4.74 Å². The van der Waals surface area contributed by atoms with Gasteiger partial charge in [0.1, 0.15) is 11.8 Å². The number of carbonyl (C=O) groups is 2. The molecule has 4 rings (SSSR count). The number of fused-ring (bicyclic) bond motifs is 1. The van der Waals surface area contributed by atoms with Gasteiger partial charge in [0, 0.05) is 23.0 Å². The minimum atomic E-state index is -4.42. The third kappa shape index (κ3) is 4.10. The van der Waals surface area contributed by atoms with Crippen molar-refractivity contribution in [1.82, 2.24) is 9.88 Å². The largest absolute Gasteiger partial charge is 0.496 e. The zero-order valence-electron chi connectivity index (χ0n) is 17.1. The number of alkyl halides is 3. The molecule has 2 heterocycles. The molecule has 0 N–H and O–H groups in total. The fourth-order valence-electron chi connectivity index (χ4n) is 3.67. The smallest absolute Gasteiger partial charge is 0.446 e. The van der Waals surface area contributed by atoms with Gasteiger partial charge in [-0.1, -0.05) is 6.07 Å². The summed E-state index contributed by atoms with van der Waals surface area (Å²) in [5, 5.41) is 0.747. The van der Waals surface area contributed by atoms with Crippen molar-refractivity contribution in [2.75, 3.05) is 12.0 Å². The second kappa shape index (κ2) is 8.34. The number of thioether (sulfide) groups is 1. The Morgan fingerprint density at radius 2 is 1.81 bits per heavy atom. The number of benzene rings is 2. The van der Waals surface area contributed by atoms with Crippen LogP contribution in [0.25, 0.3) is 10.9 Å². The van der Waals surface area contributed by atoms with E-state index in [0.29, 0.717) is 11.3 Å². The molecule has 1 aromatic heterocycles. The average Bonchev–Trinajstić information content (AvgIpc) is 2.96. The van der Waals surface area contributed by atoms with Gasteiger partial charge in [0.05, 0.1) is 18.3 Å². The molecule has 1 aliphatic rings. The van der Waals surface area contributed by atoms with Crippen LogP contribution in [0.15, 0.2) is 59.6 Å². The zero-order valence-corrected chi connectivity index (χ0v) is 17.9. The monoisotopic (exact) mass is 461 g/mol. The highest BCUT2D eigenvalue weighted by atomic mass is 32.2. The Labute approximate surface area is 186 Å². The molecule has 0 radical (unpaired) electrons. The lowest BCUT2D eigenvalue weighted by atomic mass is 10.1. The summed E-state index contributed by atoms with van der Waals surface area (Å²) in [7, 11) is 1.54. The molecule has 0 aliphatic carbocycles. The van der Waals surface area contributed by atoms with Gasteiger partial charge in [0.2, 0.25) is 0 Å². The van der Waals surface area contributed by atoms with E-state index in [1.807, 2.05) is 12.1 Å². The first-order valence-corrected chi connectivity index (χ1v) is 10.4. The molecule has 1 unspecified atom stereocenters. The van der Waals surface area contributed by atoms with E-state index in [0.717, 1.165) is 15.8 Å². The standard InChI is InChI=1S/C22H18F3N3O3S/c1-13-20(29)28(15-6-8-16(9-7-15)32-22(23,24)25)21(30)27(13)12-14-10-11-26-17-4-3-5-18(31-2)19(14)17/h3-11,13H,12H2,1-2H3. The van der Waals surface area contributed by atoms with Gasteiger partial charge in [0.25, 0.3) is 5.91 Å². The number of imide groups is 1. The highest BCUT2D eigenvalue weighted by molar-refractivity contribution is 8.00. The van der Waals surface area contributed by atoms with Gasteiger partial charge in [-0.2, -0.15) is 13.2 Å². The number of aromatic nitrogens is 1. The molecule has 10 heteroatoms. The molecule has 3 amide bonds. The van der Waals surface area contributed by atoms with Gasteiger partial charge < -0.3 is 9.64 Å². The molecule has 1 saturated heterocycles. The van der Waals surface area contributed by atoms with E-state index >= 15 is 0 Å². The van der Waals surface area contributed by atoms with Gasteiger partial charge in [-0.05, 0) is 66.7 Å². The Balaban J connectivity index is 1.62. The molecule has 1 fully saturated rings. The lowest BCUT2D eigenvalue weighted by molar-refractivity contribution is -0.119. The Kier molecular flexibility index (Phi) is 5.72. The van der Waals surface area contributed by atoms with E-state index in [1.165, 1.54) is 29.2 Å². The van der Waals surface area contributed by atoms with Gasteiger partial charge in [0.15, 0.2) is 0 Å². The number of rotatable bonds is 5. The van der Waals surface area contributed by atoms with Crippen LogP contribution < -0.4 is 9.64 Å². The fraction of sp³-hybridized carbons (Fsp3) is 0.227. The number of anilines is 1. The number of amides is 3. The summed E-state index contributed by atoms with van der Waals surface area (Å²) in [6, 6.07) is 11.1. The Bertz CT molecular complexity index is 1180. The molecular formula is C22H18F3N3O3S. The van der Waals surface area contributed by atoms with E-state index in [-0.39, 0.29) is 28.9 Å². The quantitative estimate of drug-likeness (QED) is 0.386. The lowest BCUT2D eigenvalue weighted by Crippen LogP contribution is -2.33. The Morgan fingerprint density at radius 1 is 1.09 bits per heavy atom. The summed E-state index contributed by atoms with van der Waals surface area (Å²) in [5.74, 6) is 0.155. The van der Waals surface area contributed by atoms with Gasteiger partial charge >= 0.3 is 11.5 Å². The topological polar surface area (TPSA) is 62.7 Å². The molecular weight excluding hydrogens is 443 g/mol. The van der Waals surface area contributed by atoms with Crippen LogP contribution in [0, 0.1) is 0 Å². The first-order valence-electron chi connectivity index (χ1n) is 9.60. The molecule has 2 aromatic carbocycles. The molecule has 1 atom stereocenters. The highest BCUT2D eigenvalue weighted by Gasteiger charge is 2.43. The van der Waals surface area contributed by atoms with Crippen molar-refractivity contribution in [3.63, 3.8) is 0 Å². The zero-order chi connectivity index (χ0) is 23.0. The summed E-state index contributed by atoms with van der Waals surface area (Å²) in [6.07, 6.45) is 1.62. The maximum atomic E-state index is 13.1. The van der Waals surface area contributed by atoms with Gasteiger partial charge in [-0.15, -0.1) is 0 Å². The predicted octanol–water partition coefficient (Wildman–Crippen LogP) is 5.21. The van der Waals surface area contributed by atoms with Gasteiger partial charge in [-0.25, -0.2) is 9.69 Å². The molecule has 3 aromatic rings. The van der Waals surface area contributed by atoms with Crippen molar-refractivity contribution >= 4 is 40.3 Å². The van der Waals surface area contributed by atoms with E-state index in [1.54, 1.807) is 32.4 Å². The van der Waals surface area contributed by atoms with Crippen molar-refractivity contribution in [3.05, 3.63) is 60.3 Å². The van der Waals surface area contributed by atoms with Gasteiger partial charge in [-0.3, -0.25) is 9.78 Å². The van der Waals surface area contributed by atoms with Crippen molar-refractivity contribution in [3.8, 4) is 5.75 Å². The van der Waals surface area contributed by atoms with Crippen molar-refractivity contribution in [2.45, 2.75) is 29.9 Å². The van der Waals surface area contributed by atoms with Crippen LogP contribution >= 0.6 is 11.8 Å². The maximum Gasteiger partial charge on any atom is 0.446 e. The first-order chi connectivity index (χ1) is 15.2. The van der Waals surface area contributed by atoms with Crippen LogP contribution in [-0.4, -0.2) is 40.5 Å². The third-order valence-corrected chi connectivity index (χ3v) is 5.93. The summed E-state index contributed by atoms with van der Waals surface area (Å²) in [4.78, 5) is 32.7. The number of halogens is 3. The molecule has 32 heavy (non-hydrogen) atoms. The number of ether oxygens (including phenoxy) is 1.